The van der Waals surface area contributed by atoms with Crippen LogP contribution in [-0.2, 0) is 4.79 Å². The molecule has 0 unspecified atom stereocenters. The lowest BCUT2D eigenvalue weighted by Crippen LogP contribution is -2.42. The molecule has 29 heavy (non-hydrogen) atoms. The predicted octanol–water partition coefficient (Wildman–Crippen LogP) is 3.70. The Morgan fingerprint density at radius 1 is 1.03 bits per heavy atom. The highest BCUT2D eigenvalue weighted by atomic mass is 32.1. The fourth-order valence-electron chi connectivity index (χ4n) is 3.21. The highest BCUT2D eigenvalue weighted by Crippen LogP contribution is 2.23. The van der Waals surface area contributed by atoms with Crippen LogP contribution in [0.3, 0.4) is 0 Å². The number of hydrogen-bond donors (Lipinski definition) is 2. The SMILES string of the molecule is O=C(Nc1nccs1)c1ccc(NC(=O)[C@@H]2CCCN2C(=O)c2cccs2)cc1. The molecule has 1 aliphatic rings. The Bertz CT molecular complexity index is 1000. The Labute approximate surface area is 175 Å². The molecule has 1 fully saturated rings. The molecule has 0 bridgehead atoms. The van der Waals surface area contributed by atoms with E-state index in [1.807, 2.05) is 11.4 Å². The van der Waals surface area contributed by atoms with Gasteiger partial charge in [0.2, 0.25) is 5.91 Å². The first-order chi connectivity index (χ1) is 14.1. The van der Waals surface area contributed by atoms with Crippen LogP contribution in [0.2, 0.25) is 0 Å². The maximum Gasteiger partial charge on any atom is 0.264 e. The van der Waals surface area contributed by atoms with Crippen molar-refractivity contribution < 1.29 is 14.4 Å². The van der Waals surface area contributed by atoms with Crippen molar-refractivity contribution in [2.24, 2.45) is 0 Å². The Hall–Kier alpha value is -3.04. The molecule has 1 aromatic carbocycles. The standard InChI is InChI=1S/C20H18N4O3S2/c25-17(23-20-21-9-12-29-20)13-5-7-14(8-6-13)22-18(26)15-3-1-10-24(15)19(27)16-4-2-11-28-16/h2,4-9,11-12,15H,1,3,10H2,(H,22,26)(H,21,23,25)/t15-/m0/s1. The number of aromatic nitrogens is 1. The zero-order chi connectivity index (χ0) is 20.2. The molecule has 1 saturated heterocycles. The van der Waals surface area contributed by atoms with E-state index in [-0.39, 0.29) is 17.7 Å². The van der Waals surface area contributed by atoms with Gasteiger partial charge in [0.1, 0.15) is 6.04 Å². The van der Waals surface area contributed by atoms with Crippen LogP contribution in [0.15, 0.2) is 53.4 Å². The number of rotatable bonds is 5. The minimum absolute atomic E-state index is 0.105. The summed E-state index contributed by atoms with van der Waals surface area (Å²) in [7, 11) is 0. The molecule has 7 nitrogen and oxygen atoms in total. The number of benzene rings is 1. The van der Waals surface area contributed by atoms with Gasteiger partial charge >= 0.3 is 0 Å². The lowest BCUT2D eigenvalue weighted by atomic mass is 10.1. The van der Waals surface area contributed by atoms with Crippen LogP contribution >= 0.6 is 22.7 Å². The lowest BCUT2D eigenvalue weighted by Gasteiger charge is -2.23. The summed E-state index contributed by atoms with van der Waals surface area (Å²) in [5, 5.41) is 9.73. The number of nitrogens with one attached hydrogen (secondary N) is 2. The largest absolute Gasteiger partial charge is 0.326 e. The van der Waals surface area contributed by atoms with E-state index in [0.29, 0.717) is 34.2 Å². The summed E-state index contributed by atoms with van der Waals surface area (Å²) in [5.74, 6) is -0.583. The summed E-state index contributed by atoms with van der Waals surface area (Å²) in [5.41, 5.74) is 1.05. The van der Waals surface area contributed by atoms with Crippen molar-refractivity contribution in [2.45, 2.75) is 18.9 Å². The molecule has 4 rings (SSSR count). The molecule has 0 aliphatic carbocycles. The number of amides is 3. The van der Waals surface area contributed by atoms with E-state index in [1.54, 1.807) is 46.8 Å². The molecule has 3 aromatic rings. The van der Waals surface area contributed by atoms with Gasteiger partial charge in [-0.05, 0) is 48.6 Å². The second-order valence-corrected chi connectivity index (χ2v) is 8.33. The second-order valence-electron chi connectivity index (χ2n) is 6.49. The maximum absolute atomic E-state index is 12.7. The van der Waals surface area contributed by atoms with Gasteiger partial charge in [0.05, 0.1) is 4.88 Å². The predicted molar refractivity (Wildman–Crippen MR) is 114 cm³/mol. The van der Waals surface area contributed by atoms with Crippen molar-refractivity contribution in [2.75, 3.05) is 17.2 Å². The van der Waals surface area contributed by atoms with Gasteiger partial charge in [-0.2, -0.15) is 0 Å². The van der Waals surface area contributed by atoms with Gasteiger partial charge in [0.15, 0.2) is 5.13 Å². The van der Waals surface area contributed by atoms with Gasteiger partial charge in [-0.25, -0.2) is 4.98 Å². The normalized spacial score (nSPS) is 15.9. The summed E-state index contributed by atoms with van der Waals surface area (Å²) in [6.45, 7) is 0.574. The topological polar surface area (TPSA) is 91.4 Å². The summed E-state index contributed by atoms with van der Waals surface area (Å²) in [6.07, 6.45) is 3.05. The van der Waals surface area contributed by atoms with Gasteiger partial charge < -0.3 is 10.2 Å². The quantitative estimate of drug-likeness (QED) is 0.651. The average Bonchev–Trinajstić information content (AvgIpc) is 3.50. The van der Waals surface area contributed by atoms with E-state index in [2.05, 4.69) is 15.6 Å². The molecule has 0 saturated carbocycles. The zero-order valence-corrected chi connectivity index (χ0v) is 17.0. The van der Waals surface area contributed by atoms with Crippen molar-refractivity contribution >= 4 is 51.2 Å². The molecular formula is C20H18N4O3S2. The van der Waals surface area contributed by atoms with Crippen LogP contribution in [0, 0.1) is 0 Å². The van der Waals surface area contributed by atoms with E-state index in [9.17, 15) is 14.4 Å². The van der Waals surface area contributed by atoms with Crippen molar-refractivity contribution in [1.82, 2.24) is 9.88 Å². The third-order valence-electron chi connectivity index (χ3n) is 4.62. The Kier molecular flexibility index (Phi) is 5.68. The lowest BCUT2D eigenvalue weighted by molar-refractivity contribution is -0.119. The van der Waals surface area contributed by atoms with E-state index in [1.165, 1.54) is 22.7 Å². The highest BCUT2D eigenvalue weighted by molar-refractivity contribution is 7.13. The third kappa shape index (κ3) is 4.36. The number of nitrogens with zero attached hydrogens (tertiary/aromatic N) is 2. The van der Waals surface area contributed by atoms with Crippen LogP contribution in [0.5, 0.6) is 0 Å². The zero-order valence-electron chi connectivity index (χ0n) is 15.3. The summed E-state index contributed by atoms with van der Waals surface area (Å²) >= 11 is 2.72. The molecule has 0 radical (unpaired) electrons. The summed E-state index contributed by atoms with van der Waals surface area (Å²) < 4.78 is 0. The minimum atomic E-state index is -0.488. The molecule has 9 heteroatoms. The molecule has 2 aromatic heterocycles. The first-order valence-electron chi connectivity index (χ1n) is 9.08. The monoisotopic (exact) mass is 426 g/mol. The van der Waals surface area contributed by atoms with Crippen molar-refractivity contribution in [3.8, 4) is 0 Å². The van der Waals surface area contributed by atoms with Gasteiger partial charge in [0.25, 0.3) is 11.8 Å². The van der Waals surface area contributed by atoms with Crippen LogP contribution in [-0.4, -0.2) is 40.2 Å². The second kappa shape index (κ2) is 8.54. The maximum atomic E-state index is 12.7. The van der Waals surface area contributed by atoms with Crippen molar-refractivity contribution in [3.63, 3.8) is 0 Å². The Morgan fingerprint density at radius 3 is 2.55 bits per heavy atom. The van der Waals surface area contributed by atoms with Crippen LogP contribution in [0.1, 0.15) is 32.9 Å². The third-order valence-corrected chi connectivity index (χ3v) is 6.16. The molecule has 3 heterocycles. The van der Waals surface area contributed by atoms with Gasteiger partial charge in [-0.3, -0.25) is 19.7 Å². The van der Waals surface area contributed by atoms with Gasteiger partial charge in [0, 0.05) is 29.4 Å². The number of carbonyl (C=O) groups excluding carboxylic acids is 3. The summed E-state index contributed by atoms with van der Waals surface area (Å²) in [4.78, 5) is 43.9. The van der Waals surface area contributed by atoms with Gasteiger partial charge in [-0.1, -0.05) is 6.07 Å². The van der Waals surface area contributed by atoms with Crippen molar-refractivity contribution in [1.29, 1.82) is 0 Å². The first kappa shape index (κ1) is 19.3. The molecule has 148 valence electrons. The Morgan fingerprint density at radius 2 is 1.86 bits per heavy atom. The number of carbonyl (C=O) groups is 3. The van der Waals surface area contributed by atoms with Crippen LogP contribution in [0.25, 0.3) is 0 Å². The number of hydrogen-bond acceptors (Lipinski definition) is 6. The average molecular weight is 427 g/mol. The minimum Gasteiger partial charge on any atom is -0.326 e. The molecule has 3 amide bonds. The molecular weight excluding hydrogens is 408 g/mol. The number of thiazole rings is 1. The van der Waals surface area contributed by atoms with E-state index < -0.39 is 6.04 Å². The molecule has 0 spiro atoms. The summed E-state index contributed by atoms with van der Waals surface area (Å²) in [6, 6.07) is 9.75. The van der Waals surface area contributed by atoms with Crippen molar-refractivity contribution in [3.05, 3.63) is 63.8 Å². The molecule has 1 atom stereocenters. The number of thiophene rings is 1. The fraction of sp³-hybridized carbons (Fsp3) is 0.200. The van der Waals surface area contributed by atoms with E-state index in [4.69, 9.17) is 0 Å². The Balaban J connectivity index is 1.39. The number of likely N-dealkylation sites (tertiary alicyclic amines) is 1. The number of anilines is 2. The fourth-order valence-corrected chi connectivity index (χ4v) is 4.41. The molecule has 1 aliphatic heterocycles. The van der Waals surface area contributed by atoms with Gasteiger partial charge in [-0.15, -0.1) is 22.7 Å². The molecule has 2 N–H and O–H groups in total. The first-order valence-corrected chi connectivity index (χ1v) is 10.8. The van der Waals surface area contributed by atoms with Crippen LogP contribution in [0.4, 0.5) is 10.8 Å². The van der Waals surface area contributed by atoms with E-state index in [0.717, 1.165) is 6.42 Å². The van der Waals surface area contributed by atoms with E-state index >= 15 is 0 Å². The smallest absolute Gasteiger partial charge is 0.264 e. The van der Waals surface area contributed by atoms with Crippen LogP contribution < -0.4 is 10.6 Å². The highest BCUT2D eigenvalue weighted by Gasteiger charge is 2.34.